The van der Waals surface area contributed by atoms with E-state index in [1.165, 1.54) is 17.4 Å². The molecule has 0 atom stereocenters. The first-order chi connectivity index (χ1) is 10.1. The van der Waals surface area contributed by atoms with E-state index in [1.807, 2.05) is 13.1 Å². The van der Waals surface area contributed by atoms with Crippen LogP contribution in [0.5, 0.6) is 0 Å². The molecule has 0 saturated carbocycles. The summed E-state index contributed by atoms with van der Waals surface area (Å²) in [6.07, 6.45) is 4.22. The SMILES string of the molecule is CC(=O)OCCN(C)c1ccc(/C=C/c2cccs2)cc1. The highest BCUT2D eigenvalue weighted by atomic mass is 32.1. The maximum Gasteiger partial charge on any atom is 0.302 e. The highest BCUT2D eigenvalue weighted by Crippen LogP contribution is 2.17. The van der Waals surface area contributed by atoms with Gasteiger partial charge < -0.3 is 9.64 Å². The summed E-state index contributed by atoms with van der Waals surface area (Å²) in [6.45, 7) is 2.52. The van der Waals surface area contributed by atoms with Crippen LogP contribution in [0, 0.1) is 0 Å². The molecule has 21 heavy (non-hydrogen) atoms. The molecule has 0 N–H and O–H groups in total. The van der Waals surface area contributed by atoms with Crippen molar-refractivity contribution in [3.63, 3.8) is 0 Å². The molecule has 0 fully saturated rings. The zero-order valence-corrected chi connectivity index (χ0v) is 13.1. The van der Waals surface area contributed by atoms with Crippen molar-refractivity contribution >= 4 is 35.1 Å². The van der Waals surface area contributed by atoms with Crippen molar-refractivity contribution < 1.29 is 9.53 Å². The van der Waals surface area contributed by atoms with E-state index >= 15 is 0 Å². The molecule has 0 aliphatic rings. The van der Waals surface area contributed by atoms with Gasteiger partial charge in [0.1, 0.15) is 6.61 Å². The van der Waals surface area contributed by atoms with E-state index in [0.29, 0.717) is 13.2 Å². The Kier molecular flexibility index (Phi) is 5.58. The zero-order valence-electron chi connectivity index (χ0n) is 12.3. The third kappa shape index (κ3) is 5.08. The van der Waals surface area contributed by atoms with Crippen LogP contribution in [-0.2, 0) is 9.53 Å². The molecule has 3 nitrogen and oxygen atoms in total. The number of carbonyl (C=O) groups excluding carboxylic acids is 1. The molecule has 0 aliphatic carbocycles. The average molecular weight is 301 g/mol. The van der Waals surface area contributed by atoms with Crippen LogP contribution in [0.1, 0.15) is 17.4 Å². The summed E-state index contributed by atoms with van der Waals surface area (Å²) in [5.41, 5.74) is 2.27. The number of thiophene rings is 1. The van der Waals surface area contributed by atoms with Gasteiger partial charge >= 0.3 is 5.97 Å². The minimum absolute atomic E-state index is 0.238. The second-order valence-corrected chi connectivity index (χ2v) is 5.68. The normalized spacial score (nSPS) is 10.8. The smallest absolute Gasteiger partial charge is 0.302 e. The lowest BCUT2D eigenvalue weighted by Crippen LogP contribution is -2.23. The van der Waals surface area contributed by atoms with Crippen LogP contribution in [0.2, 0.25) is 0 Å². The van der Waals surface area contributed by atoms with Gasteiger partial charge in [-0.3, -0.25) is 4.79 Å². The fraction of sp³-hybridized carbons (Fsp3) is 0.235. The molecule has 1 aromatic carbocycles. The summed E-state index contributed by atoms with van der Waals surface area (Å²) in [4.78, 5) is 14.0. The third-order valence-corrected chi connectivity index (χ3v) is 3.89. The van der Waals surface area contributed by atoms with Gasteiger partial charge in [0.2, 0.25) is 0 Å². The van der Waals surface area contributed by atoms with Crippen molar-refractivity contribution in [1.29, 1.82) is 0 Å². The number of likely N-dealkylation sites (N-methyl/N-ethyl adjacent to an activating group) is 1. The Bertz CT molecular complexity index is 588. The number of benzene rings is 1. The second-order valence-electron chi connectivity index (χ2n) is 4.70. The monoisotopic (exact) mass is 301 g/mol. The summed E-state index contributed by atoms with van der Waals surface area (Å²) < 4.78 is 4.95. The van der Waals surface area contributed by atoms with Gasteiger partial charge in [0.05, 0.1) is 6.54 Å². The summed E-state index contributed by atoms with van der Waals surface area (Å²) in [6, 6.07) is 12.5. The Hall–Kier alpha value is -2.07. The van der Waals surface area contributed by atoms with Crippen LogP contribution in [0.25, 0.3) is 12.2 Å². The Labute approximate surface area is 129 Å². The molecule has 2 rings (SSSR count). The van der Waals surface area contributed by atoms with Crippen molar-refractivity contribution in [2.24, 2.45) is 0 Å². The number of anilines is 1. The maximum absolute atomic E-state index is 10.7. The standard InChI is InChI=1S/C17H19NO2S/c1-14(19)20-12-11-18(2)16-8-5-15(6-9-16)7-10-17-4-3-13-21-17/h3-10,13H,11-12H2,1-2H3/b10-7+. The quantitative estimate of drug-likeness (QED) is 0.757. The molecule has 0 unspecified atom stereocenters. The average Bonchev–Trinajstić information content (AvgIpc) is 2.98. The molecule has 0 radical (unpaired) electrons. The predicted molar refractivity (Wildman–Crippen MR) is 89.6 cm³/mol. The topological polar surface area (TPSA) is 29.5 Å². The van der Waals surface area contributed by atoms with Gasteiger partial charge in [0.15, 0.2) is 0 Å². The molecule has 0 aliphatic heterocycles. The zero-order chi connectivity index (χ0) is 15.1. The van der Waals surface area contributed by atoms with Crippen LogP contribution in [0.4, 0.5) is 5.69 Å². The van der Waals surface area contributed by atoms with Gasteiger partial charge in [0, 0.05) is 24.5 Å². The lowest BCUT2D eigenvalue weighted by atomic mass is 10.2. The van der Waals surface area contributed by atoms with Crippen LogP contribution < -0.4 is 4.90 Å². The van der Waals surface area contributed by atoms with Gasteiger partial charge in [-0.2, -0.15) is 0 Å². The first-order valence-corrected chi connectivity index (χ1v) is 7.69. The van der Waals surface area contributed by atoms with Crippen molar-refractivity contribution in [2.75, 3.05) is 25.1 Å². The van der Waals surface area contributed by atoms with Crippen LogP contribution in [-0.4, -0.2) is 26.2 Å². The van der Waals surface area contributed by atoms with Gasteiger partial charge in [-0.15, -0.1) is 11.3 Å². The van der Waals surface area contributed by atoms with Gasteiger partial charge in [-0.1, -0.05) is 24.3 Å². The molecule has 1 aromatic heterocycles. The molecule has 0 saturated heterocycles. The van der Waals surface area contributed by atoms with Crippen molar-refractivity contribution in [1.82, 2.24) is 0 Å². The molecule has 0 spiro atoms. The Balaban J connectivity index is 1.90. The minimum Gasteiger partial charge on any atom is -0.464 e. The Morgan fingerprint density at radius 3 is 2.62 bits per heavy atom. The van der Waals surface area contributed by atoms with Gasteiger partial charge in [-0.25, -0.2) is 0 Å². The molecule has 0 bridgehead atoms. The number of carbonyl (C=O) groups is 1. The second kappa shape index (κ2) is 7.64. The number of nitrogens with zero attached hydrogens (tertiary/aromatic N) is 1. The third-order valence-electron chi connectivity index (χ3n) is 3.05. The van der Waals surface area contributed by atoms with Gasteiger partial charge in [0.25, 0.3) is 0 Å². The molecule has 2 aromatic rings. The fourth-order valence-corrected chi connectivity index (χ4v) is 2.48. The maximum atomic E-state index is 10.7. The summed E-state index contributed by atoms with van der Waals surface area (Å²) in [5.74, 6) is -0.238. The number of rotatable bonds is 6. The summed E-state index contributed by atoms with van der Waals surface area (Å²) in [7, 11) is 1.99. The molecular weight excluding hydrogens is 282 g/mol. The molecule has 4 heteroatoms. The molecule has 0 amide bonds. The number of hydrogen-bond acceptors (Lipinski definition) is 4. The van der Waals surface area contributed by atoms with E-state index in [9.17, 15) is 4.79 Å². The van der Waals surface area contributed by atoms with E-state index < -0.39 is 0 Å². The van der Waals surface area contributed by atoms with Gasteiger partial charge in [-0.05, 0) is 35.2 Å². The van der Waals surface area contributed by atoms with E-state index in [4.69, 9.17) is 4.74 Å². The first kappa shape index (κ1) is 15.3. The molecule has 1 heterocycles. The first-order valence-electron chi connectivity index (χ1n) is 6.81. The summed E-state index contributed by atoms with van der Waals surface area (Å²) >= 11 is 1.73. The van der Waals surface area contributed by atoms with Crippen LogP contribution >= 0.6 is 11.3 Å². The van der Waals surface area contributed by atoms with E-state index in [0.717, 1.165) is 5.69 Å². The largest absolute Gasteiger partial charge is 0.464 e. The Morgan fingerprint density at radius 1 is 1.24 bits per heavy atom. The van der Waals surface area contributed by atoms with Crippen LogP contribution in [0.15, 0.2) is 41.8 Å². The van der Waals surface area contributed by atoms with Crippen molar-refractivity contribution in [2.45, 2.75) is 6.92 Å². The predicted octanol–water partition coefficient (Wildman–Crippen LogP) is 3.92. The highest BCUT2D eigenvalue weighted by Gasteiger charge is 2.01. The lowest BCUT2D eigenvalue weighted by Gasteiger charge is -2.19. The number of ether oxygens (including phenoxy) is 1. The van der Waals surface area contributed by atoms with Crippen molar-refractivity contribution in [3.05, 3.63) is 52.2 Å². The molecule has 110 valence electrons. The number of hydrogen-bond donors (Lipinski definition) is 0. The fourth-order valence-electron chi connectivity index (χ4n) is 1.86. The van der Waals surface area contributed by atoms with Crippen molar-refractivity contribution in [3.8, 4) is 0 Å². The summed E-state index contributed by atoms with van der Waals surface area (Å²) in [5, 5.41) is 2.07. The van der Waals surface area contributed by atoms with E-state index in [1.54, 1.807) is 11.3 Å². The minimum atomic E-state index is -0.238. The number of esters is 1. The molecular formula is C17H19NO2S. The van der Waals surface area contributed by atoms with Crippen LogP contribution in [0.3, 0.4) is 0 Å². The van der Waals surface area contributed by atoms with E-state index in [2.05, 4.69) is 52.8 Å². The Morgan fingerprint density at radius 2 is 2.00 bits per heavy atom. The lowest BCUT2D eigenvalue weighted by molar-refractivity contribution is -0.140. The highest BCUT2D eigenvalue weighted by molar-refractivity contribution is 7.10. The van der Waals surface area contributed by atoms with E-state index in [-0.39, 0.29) is 5.97 Å².